The summed E-state index contributed by atoms with van der Waals surface area (Å²) >= 11 is 0. The third kappa shape index (κ3) is 4.79. The van der Waals surface area contributed by atoms with Crippen molar-refractivity contribution >= 4 is 5.91 Å². The molecule has 1 rings (SSSR count). The van der Waals surface area contributed by atoms with Crippen LogP contribution >= 0.6 is 0 Å². The van der Waals surface area contributed by atoms with Gasteiger partial charge in [0, 0.05) is 6.54 Å². The lowest BCUT2D eigenvalue weighted by Gasteiger charge is -2.27. The smallest absolute Gasteiger partial charge is 0.241 e. The first-order valence-corrected chi connectivity index (χ1v) is 7.89. The number of nitrogens with zero attached hydrogens (tertiary/aromatic N) is 1. The Hall–Kier alpha value is -0.570. The molecule has 0 aliphatic carbocycles. The number of amides is 1. The number of carbonyl (C=O) groups excluding carboxylic acids is 1. The van der Waals surface area contributed by atoms with E-state index in [-0.39, 0.29) is 12.2 Å². The van der Waals surface area contributed by atoms with Gasteiger partial charge >= 0.3 is 0 Å². The average molecular weight is 268 g/mol. The lowest BCUT2D eigenvalue weighted by atomic mass is 10.0. The second-order valence-electron chi connectivity index (χ2n) is 7.11. The molecule has 0 bridgehead atoms. The van der Waals surface area contributed by atoms with Crippen molar-refractivity contribution in [3.8, 4) is 0 Å². The molecule has 0 aromatic rings. The van der Waals surface area contributed by atoms with Gasteiger partial charge in [-0.15, -0.1) is 0 Å². The minimum atomic E-state index is 0.0337. The first kappa shape index (κ1) is 16.5. The molecule has 1 aliphatic heterocycles. The van der Waals surface area contributed by atoms with Crippen molar-refractivity contribution in [3.05, 3.63) is 0 Å². The third-order valence-electron chi connectivity index (χ3n) is 3.81. The molecule has 3 nitrogen and oxygen atoms in total. The number of rotatable bonds is 7. The maximum atomic E-state index is 12.5. The van der Waals surface area contributed by atoms with E-state index in [0.717, 1.165) is 25.3 Å². The fourth-order valence-corrected chi connectivity index (χ4v) is 2.82. The molecule has 0 radical (unpaired) electrons. The van der Waals surface area contributed by atoms with Crippen molar-refractivity contribution in [2.75, 3.05) is 6.54 Å². The quantitative estimate of drug-likeness (QED) is 0.768. The van der Waals surface area contributed by atoms with Crippen LogP contribution in [0.1, 0.15) is 60.8 Å². The molecule has 0 saturated carbocycles. The Balaban J connectivity index is 2.61. The molecule has 1 heterocycles. The van der Waals surface area contributed by atoms with Crippen LogP contribution in [0.25, 0.3) is 0 Å². The Morgan fingerprint density at radius 2 is 1.74 bits per heavy atom. The minimum absolute atomic E-state index is 0.0337. The van der Waals surface area contributed by atoms with Crippen LogP contribution in [0.2, 0.25) is 0 Å². The monoisotopic (exact) mass is 268 g/mol. The van der Waals surface area contributed by atoms with E-state index in [4.69, 9.17) is 0 Å². The van der Waals surface area contributed by atoms with Crippen molar-refractivity contribution in [2.24, 2.45) is 17.8 Å². The van der Waals surface area contributed by atoms with Gasteiger partial charge in [0.15, 0.2) is 0 Å². The standard InChI is InChI=1S/C16H32N2O/c1-11(2)8-7-9-18-15(13(5)6)17-14(16(18)19)10-12(3)4/h11-15,17H,7-10H2,1-6H3. The van der Waals surface area contributed by atoms with Crippen LogP contribution in [0.15, 0.2) is 0 Å². The predicted octanol–water partition coefficient (Wildman–Crippen LogP) is 3.25. The summed E-state index contributed by atoms with van der Waals surface area (Å²) in [6.07, 6.45) is 3.48. The van der Waals surface area contributed by atoms with Crippen LogP contribution in [0.3, 0.4) is 0 Å². The van der Waals surface area contributed by atoms with E-state index in [2.05, 4.69) is 51.8 Å². The first-order valence-electron chi connectivity index (χ1n) is 7.89. The van der Waals surface area contributed by atoms with Crippen LogP contribution in [-0.2, 0) is 4.79 Å². The summed E-state index contributed by atoms with van der Waals surface area (Å²) in [5.41, 5.74) is 0. The largest absolute Gasteiger partial charge is 0.326 e. The normalized spacial score (nSPS) is 24.3. The summed E-state index contributed by atoms with van der Waals surface area (Å²) in [4.78, 5) is 14.6. The zero-order chi connectivity index (χ0) is 14.6. The predicted molar refractivity (Wildman–Crippen MR) is 80.8 cm³/mol. The van der Waals surface area contributed by atoms with E-state index in [0.29, 0.717) is 17.7 Å². The number of hydrogen-bond acceptors (Lipinski definition) is 2. The van der Waals surface area contributed by atoms with Crippen LogP contribution in [-0.4, -0.2) is 29.6 Å². The summed E-state index contributed by atoms with van der Waals surface area (Å²) in [6.45, 7) is 14.1. The number of hydrogen-bond donors (Lipinski definition) is 1. The highest BCUT2D eigenvalue weighted by atomic mass is 16.2. The van der Waals surface area contributed by atoms with Crippen LogP contribution in [0.4, 0.5) is 0 Å². The minimum Gasteiger partial charge on any atom is -0.326 e. The van der Waals surface area contributed by atoms with E-state index in [9.17, 15) is 4.79 Å². The first-order chi connectivity index (χ1) is 8.82. The molecule has 1 amide bonds. The fourth-order valence-electron chi connectivity index (χ4n) is 2.82. The van der Waals surface area contributed by atoms with Crippen LogP contribution in [0, 0.1) is 17.8 Å². The number of nitrogens with one attached hydrogen (secondary N) is 1. The third-order valence-corrected chi connectivity index (χ3v) is 3.81. The van der Waals surface area contributed by atoms with Gasteiger partial charge in [-0.05, 0) is 37.0 Å². The molecule has 0 spiro atoms. The highest BCUT2D eigenvalue weighted by Crippen LogP contribution is 2.22. The molecule has 2 unspecified atom stereocenters. The van der Waals surface area contributed by atoms with Crippen molar-refractivity contribution in [1.29, 1.82) is 0 Å². The lowest BCUT2D eigenvalue weighted by molar-refractivity contribution is -0.130. The van der Waals surface area contributed by atoms with Gasteiger partial charge in [-0.1, -0.05) is 41.5 Å². The second kappa shape index (κ2) is 7.28. The van der Waals surface area contributed by atoms with Gasteiger partial charge < -0.3 is 4.90 Å². The van der Waals surface area contributed by atoms with Crippen LogP contribution in [0.5, 0.6) is 0 Å². The Morgan fingerprint density at radius 1 is 1.11 bits per heavy atom. The van der Waals surface area contributed by atoms with Crippen molar-refractivity contribution in [3.63, 3.8) is 0 Å². The van der Waals surface area contributed by atoms with E-state index in [1.165, 1.54) is 6.42 Å². The molecular formula is C16H32N2O. The SMILES string of the molecule is CC(C)CCCN1C(=O)C(CC(C)C)NC1C(C)C. The van der Waals surface area contributed by atoms with Crippen molar-refractivity contribution < 1.29 is 4.79 Å². The number of carbonyl (C=O) groups is 1. The Labute approximate surface area is 119 Å². The molecule has 1 N–H and O–H groups in total. The molecular weight excluding hydrogens is 236 g/mol. The molecule has 0 aromatic carbocycles. The highest BCUT2D eigenvalue weighted by molar-refractivity contribution is 5.84. The van der Waals surface area contributed by atoms with E-state index in [1.807, 2.05) is 0 Å². The van der Waals surface area contributed by atoms with Crippen molar-refractivity contribution in [2.45, 2.75) is 73.0 Å². The van der Waals surface area contributed by atoms with Crippen LogP contribution < -0.4 is 5.32 Å². The van der Waals surface area contributed by atoms with Gasteiger partial charge in [0.25, 0.3) is 0 Å². The second-order valence-corrected chi connectivity index (χ2v) is 7.11. The molecule has 0 aromatic heterocycles. The van der Waals surface area contributed by atoms with Gasteiger partial charge in [-0.25, -0.2) is 0 Å². The summed E-state index contributed by atoms with van der Waals surface area (Å²) in [7, 11) is 0. The maximum Gasteiger partial charge on any atom is 0.241 e. The summed E-state index contributed by atoms with van der Waals surface area (Å²) in [6, 6.07) is 0.0337. The van der Waals surface area contributed by atoms with E-state index >= 15 is 0 Å². The van der Waals surface area contributed by atoms with Gasteiger partial charge in [0.05, 0.1) is 12.2 Å². The molecule has 19 heavy (non-hydrogen) atoms. The molecule has 1 aliphatic rings. The molecule has 112 valence electrons. The average Bonchev–Trinajstić information content (AvgIpc) is 2.56. The summed E-state index contributed by atoms with van der Waals surface area (Å²) in [5.74, 6) is 2.07. The van der Waals surface area contributed by atoms with E-state index < -0.39 is 0 Å². The van der Waals surface area contributed by atoms with Gasteiger partial charge in [0.1, 0.15) is 0 Å². The van der Waals surface area contributed by atoms with Gasteiger partial charge in [-0.2, -0.15) is 0 Å². The fraction of sp³-hybridized carbons (Fsp3) is 0.938. The van der Waals surface area contributed by atoms with E-state index in [1.54, 1.807) is 0 Å². The molecule has 3 heteroatoms. The van der Waals surface area contributed by atoms with Crippen molar-refractivity contribution in [1.82, 2.24) is 10.2 Å². The Bertz CT molecular complexity index is 286. The Kier molecular flexibility index (Phi) is 6.31. The zero-order valence-electron chi connectivity index (χ0n) is 13.6. The highest BCUT2D eigenvalue weighted by Gasteiger charge is 2.39. The Morgan fingerprint density at radius 3 is 2.21 bits per heavy atom. The summed E-state index contributed by atoms with van der Waals surface area (Å²) < 4.78 is 0. The van der Waals surface area contributed by atoms with Gasteiger partial charge in [-0.3, -0.25) is 10.1 Å². The molecule has 1 saturated heterocycles. The maximum absolute atomic E-state index is 12.5. The topological polar surface area (TPSA) is 32.3 Å². The molecule has 1 fully saturated rings. The summed E-state index contributed by atoms with van der Waals surface area (Å²) in [5, 5.41) is 3.54. The lowest BCUT2D eigenvalue weighted by Crippen LogP contribution is -2.42. The molecule has 2 atom stereocenters. The van der Waals surface area contributed by atoms with Gasteiger partial charge in [0.2, 0.25) is 5.91 Å². The zero-order valence-corrected chi connectivity index (χ0v) is 13.6.